The highest BCUT2D eigenvalue weighted by atomic mass is 79.9. The molecule has 0 aliphatic carbocycles. The van der Waals surface area contributed by atoms with E-state index in [9.17, 15) is 14.0 Å². The summed E-state index contributed by atoms with van der Waals surface area (Å²) in [6, 6.07) is 8.05. The molecule has 0 heterocycles. The molecular formula is C16H11BrClFO4. The van der Waals surface area contributed by atoms with Crippen molar-refractivity contribution >= 4 is 39.3 Å². The van der Waals surface area contributed by atoms with Crippen molar-refractivity contribution in [3.63, 3.8) is 0 Å². The van der Waals surface area contributed by atoms with E-state index in [0.717, 1.165) is 12.1 Å². The quantitative estimate of drug-likeness (QED) is 0.554. The lowest BCUT2D eigenvalue weighted by Crippen LogP contribution is -2.14. The Bertz CT molecular complexity index is 764. The third-order valence-electron chi connectivity index (χ3n) is 2.96. The minimum Gasteiger partial charge on any atom is -0.495 e. The van der Waals surface area contributed by atoms with Crippen LogP contribution in [0.25, 0.3) is 0 Å². The molecule has 0 atom stereocenters. The Morgan fingerprint density at radius 2 is 1.96 bits per heavy atom. The number of hydrogen-bond donors (Lipinski definition) is 0. The molecule has 0 radical (unpaired) electrons. The van der Waals surface area contributed by atoms with Gasteiger partial charge < -0.3 is 9.47 Å². The van der Waals surface area contributed by atoms with Crippen LogP contribution in [-0.2, 0) is 4.74 Å². The van der Waals surface area contributed by atoms with Crippen LogP contribution < -0.4 is 4.74 Å². The van der Waals surface area contributed by atoms with Gasteiger partial charge in [0.05, 0.1) is 17.7 Å². The van der Waals surface area contributed by atoms with Gasteiger partial charge in [-0.25, -0.2) is 9.18 Å². The summed E-state index contributed by atoms with van der Waals surface area (Å²) in [5, 5.41) is 0.283. The van der Waals surface area contributed by atoms with Crippen molar-refractivity contribution in [1.29, 1.82) is 0 Å². The molecule has 0 spiro atoms. The molecule has 0 aromatic heterocycles. The number of carbonyl (C=O) groups excluding carboxylic acids is 2. The molecule has 0 aliphatic rings. The lowest BCUT2D eigenvalue weighted by atomic mass is 10.1. The van der Waals surface area contributed by atoms with Gasteiger partial charge in [-0.3, -0.25) is 4.79 Å². The molecule has 0 fully saturated rings. The first-order valence-corrected chi connectivity index (χ1v) is 7.58. The average molecular weight is 402 g/mol. The van der Waals surface area contributed by atoms with Gasteiger partial charge in [0.25, 0.3) is 0 Å². The minimum absolute atomic E-state index is 0.131. The van der Waals surface area contributed by atoms with E-state index in [2.05, 4.69) is 15.9 Å². The first-order valence-electron chi connectivity index (χ1n) is 6.41. The van der Waals surface area contributed by atoms with Gasteiger partial charge >= 0.3 is 5.97 Å². The second-order valence-electron chi connectivity index (χ2n) is 4.47. The number of ketones is 1. The predicted octanol–water partition coefficient (Wildman–Crippen LogP) is 4.29. The summed E-state index contributed by atoms with van der Waals surface area (Å²) in [4.78, 5) is 23.9. The van der Waals surface area contributed by atoms with Gasteiger partial charge in [-0.1, -0.05) is 11.6 Å². The molecule has 0 saturated carbocycles. The van der Waals surface area contributed by atoms with Gasteiger partial charge in [0, 0.05) is 10.0 Å². The topological polar surface area (TPSA) is 52.6 Å². The van der Waals surface area contributed by atoms with Gasteiger partial charge in [0.15, 0.2) is 12.4 Å². The van der Waals surface area contributed by atoms with Gasteiger partial charge in [-0.2, -0.15) is 0 Å². The fourth-order valence-electron chi connectivity index (χ4n) is 1.79. The highest BCUT2D eigenvalue weighted by molar-refractivity contribution is 9.10. The zero-order valence-electron chi connectivity index (χ0n) is 11.9. The maximum atomic E-state index is 13.0. The number of carbonyl (C=O) groups is 2. The largest absolute Gasteiger partial charge is 0.495 e. The first-order chi connectivity index (χ1) is 10.9. The van der Waals surface area contributed by atoms with E-state index < -0.39 is 24.2 Å². The van der Waals surface area contributed by atoms with Crippen LogP contribution in [0.1, 0.15) is 20.7 Å². The molecule has 2 aromatic carbocycles. The molecule has 4 nitrogen and oxygen atoms in total. The average Bonchev–Trinajstić information content (AvgIpc) is 2.52. The zero-order valence-corrected chi connectivity index (χ0v) is 14.3. The van der Waals surface area contributed by atoms with Crippen LogP contribution in [0.15, 0.2) is 40.9 Å². The van der Waals surface area contributed by atoms with E-state index in [4.69, 9.17) is 21.1 Å². The molecular weight excluding hydrogens is 391 g/mol. The first kappa shape index (κ1) is 17.4. The van der Waals surface area contributed by atoms with E-state index in [1.807, 2.05) is 0 Å². The Morgan fingerprint density at radius 3 is 2.57 bits per heavy atom. The van der Waals surface area contributed by atoms with Crippen LogP contribution in [0.3, 0.4) is 0 Å². The smallest absolute Gasteiger partial charge is 0.339 e. The van der Waals surface area contributed by atoms with Gasteiger partial charge in [-0.15, -0.1) is 0 Å². The number of methoxy groups -OCH3 is 1. The van der Waals surface area contributed by atoms with Crippen molar-refractivity contribution in [1.82, 2.24) is 0 Å². The van der Waals surface area contributed by atoms with E-state index in [1.54, 1.807) is 6.07 Å². The van der Waals surface area contributed by atoms with Gasteiger partial charge in [-0.05, 0) is 52.3 Å². The van der Waals surface area contributed by atoms with Crippen molar-refractivity contribution in [3.05, 3.63) is 62.8 Å². The van der Waals surface area contributed by atoms with Crippen molar-refractivity contribution < 1.29 is 23.5 Å². The highest BCUT2D eigenvalue weighted by Gasteiger charge is 2.15. The van der Waals surface area contributed by atoms with Crippen LogP contribution in [0.2, 0.25) is 5.02 Å². The Balaban J connectivity index is 2.04. The van der Waals surface area contributed by atoms with Gasteiger partial charge in [0.1, 0.15) is 11.6 Å². The monoisotopic (exact) mass is 400 g/mol. The van der Waals surface area contributed by atoms with Crippen LogP contribution >= 0.6 is 27.5 Å². The number of Topliss-reactive ketones (excluding diaryl/α,β-unsaturated/α-hetero) is 1. The van der Waals surface area contributed by atoms with Crippen LogP contribution in [-0.4, -0.2) is 25.5 Å². The van der Waals surface area contributed by atoms with Crippen molar-refractivity contribution in [2.75, 3.05) is 13.7 Å². The Kier molecular flexibility index (Phi) is 5.74. The molecule has 0 amide bonds. The van der Waals surface area contributed by atoms with E-state index in [1.165, 1.54) is 25.3 Å². The number of esters is 1. The fourth-order valence-corrected chi connectivity index (χ4v) is 2.56. The van der Waals surface area contributed by atoms with Crippen molar-refractivity contribution in [2.45, 2.75) is 0 Å². The number of benzene rings is 2. The Morgan fingerprint density at radius 1 is 1.22 bits per heavy atom. The lowest BCUT2D eigenvalue weighted by Gasteiger charge is -2.07. The standard InChI is InChI=1S/C16H11BrClFO4/c1-22-15-5-2-9(6-13(15)18)14(20)8-23-16(21)11-4-3-10(19)7-12(11)17/h2-7H,8H2,1H3. The second-order valence-corrected chi connectivity index (χ2v) is 5.73. The molecule has 0 aliphatic heterocycles. The Hall–Kier alpha value is -1.92. The summed E-state index contributed by atoms with van der Waals surface area (Å²) in [5.74, 6) is -1.20. The summed E-state index contributed by atoms with van der Waals surface area (Å²) in [5.41, 5.74) is 0.425. The van der Waals surface area contributed by atoms with Crippen LogP contribution in [0, 0.1) is 5.82 Å². The Labute approximate surface area is 145 Å². The second kappa shape index (κ2) is 7.57. The zero-order chi connectivity index (χ0) is 17.0. The SMILES string of the molecule is COc1ccc(C(=O)COC(=O)c2ccc(F)cc2Br)cc1Cl. The maximum absolute atomic E-state index is 13.0. The third kappa shape index (κ3) is 4.30. The molecule has 0 unspecified atom stereocenters. The van der Waals surface area contributed by atoms with Crippen LogP contribution in [0.5, 0.6) is 5.75 Å². The molecule has 23 heavy (non-hydrogen) atoms. The van der Waals surface area contributed by atoms with Crippen molar-refractivity contribution in [3.8, 4) is 5.75 Å². The van der Waals surface area contributed by atoms with E-state index >= 15 is 0 Å². The number of hydrogen-bond acceptors (Lipinski definition) is 4. The fraction of sp³-hybridized carbons (Fsp3) is 0.125. The lowest BCUT2D eigenvalue weighted by molar-refractivity contribution is 0.0473. The summed E-state index contributed by atoms with van der Waals surface area (Å²) in [6.07, 6.45) is 0. The van der Waals surface area contributed by atoms with Crippen LogP contribution in [0.4, 0.5) is 4.39 Å². The number of ether oxygens (including phenoxy) is 2. The maximum Gasteiger partial charge on any atom is 0.339 e. The molecule has 0 bridgehead atoms. The molecule has 2 rings (SSSR count). The highest BCUT2D eigenvalue weighted by Crippen LogP contribution is 2.25. The molecule has 0 N–H and O–H groups in total. The predicted molar refractivity (Wildman–Crippen MR) is 86.7 cm³/mol. The van der Waals surface area contributed by atoms with E-state index in [0.29, 0.717) is 11.3 Å². The molecule has 7 heteroatoms. The van der Waals surface area contributed by atoms with Crippen molar-refractivity contribution in [2.24, 2.45) is 0 Å². The van der Waals surface area contributed by atoms with E-state index in [-0.39, 0.29) is 15.1 Å². The summed E-state index contributed by atoms with van der Waals surface area (Å²) < 4.78 is 23.2. The minimum atomic E-state index is -0.732. The summed E-state index contributed by atoms with van der Waals surface area (Å²) in [6.45, 7) is -0.453. The number of halogens is 3. The molecule has 2 aromatic rings. The number of rotatable bonds is 5. The third-order valence-corrected chi connectivity index (χ3v) is 3.91. The summed E-state index contributed by atoms with van der Waals surface area (Å²) >= 11 is 9.01. The normalized spacial score (nSPS) is 10.3. The molecule has 120 valence electrons. The van der Waals surface area contributed by atoms with Gasteiger partial charge in [0.2, 0.25) is 0 Å². The molecule has 0 saturated heterocycles. The summed E-state index contributed by atoms with van der Waals surface area (Å²) in [7, 11) is 1.46.